The molecule has 0 saturated carbocycles. The van der Waals surface area contributed by atoms with Crippen LogP contribution in [0.5, 0.6) is 0 Å². The van der Waals surface area contributed by atoms with Crippen LogP contribution in [-0.2, 0) is 22.0 Å². The van der Waals surface area contributed by atoms with E-state index in [9.17, 15) is 26.4 Å². The van der Waals surface area contributed by atoms with Gasteiger partial charge in [0.05, 0.1) is 23.2 Å². The van der Waals surface area contributed by atoms with Crippen LogP contribution >= 0.6 is 11.6 Å². The van der Waals surface area contributed by atoms with E-state index in [1.165, 1.54) is 48.5 Å². The van der Waals surface area contributed by atoms with Crippen molar-refractivity contribution in [2.75, 3.05) is 5.32 Å². The topological polar surface area (TPSA) is 107 Å². The lowest BCUT2D eigenvalue weighted by molar-refractivity contribution is -0.143. The highest BCUT2D eigenvalue weighted by Gasteiger charge is 2.40. The van der Waals surface area contributed by atoms with Gasteiger partial charge in [-0.2, -0.15) is 18.3 Å². The van der Waals surface area contributed by atoms with Crippen molar-refractivity contribution in [3.8, 4) is 5.69 Å². The molecule has 0 atom stereocenters. The second kappa shape index (κ2) is 8.09. The van der Waals surface area contributed by atoms with E-state index < -0.39 is 39.1 Å². The summed E-state index contributed by atoms with van der Waals surface area (Å²) < 4.78 is 63.9. The molecule has 0 fully saturated rings. The number of benzene rings is 2. The van der Waals surface area contributed by atoms with E-state index in [2.05, 4.69) is 10.4 Å². The normalized spacial score (nSPS) is 12.0. The van der Waals surface area contributed by atoms with Crippen molar-refractivity contribution >= 4 is 33.2 Å². The van der Waals surface area contributed by atoms with Gasteiger partial charge in [0, 0.05) is 10.7 Å². The van der Waals surface area contributed by atoms with Crippen LogP contribution in [-0.4, -0.2) is 24.1 Å². The summed E-state index contributed by atoms with van der Waals surface area (Å²) in [6, 6.07) is 11.0. The number of nitrogens with zero attached hydrogens (tertiary/aromatic N) is 2. The quantitative estimate of drug-likeness (QED) is 0.609. The molecule has 3 aromatic rings. The van der Waals surface area contributed by atoms with Crippen molar-refractivity contribution in [3.63, 3.8) is 0 Å². The first-order valence-corrected chi connectivity index (χ1v) is 10.4. The minimum absolute atomic E-state index is 0.0816. The first-order valence-electron chi connectivity index (χ1n) is 8.26. The summed E-state index contributed by atoms with van der Waals surface area (Å²) in [5.74, 6) is -1.44. The number of aromatic nitrogens is 2. The molecule has 1 amide bonds. The monoisotopic (exact) mass is 458 g/mol. The van der Waals surface area contributed by atoms with Crippen LogP contribution in [0.25, 0.3) is 5.69 Å². The van der Waals surface area contributed by atoms with Gasteiger partial charge in [0.25, 0.3) is 5.91 Å². The predicted molar refractivity (Wildman–Crippen MR) is 105 cm³/mol. The number of anilines is 1. The van der Waals surface area contributed by atoms with E-state index >= 15 is 0 Å². The zero-order valence-electron chi connectivity index (χ0n) is 15.0. The number of hydrogen-bond donors (Lipinski definition) is 2. The molecule has 0 aliphatic carbocycles. The van der Waals surface area contributed by atoms with Crippen LogP contribution in [0.3, 0.4) is 0 Å². The lowest BCUT2D eigenvalue weighted by atomic mass is 10.2. The van der Waals surface area contributed by atoms with Crippen molar-refractivity contribution < 1.29 is 26.4 Å². The lowest BCUT2D eigenvalue weighted by Gasteiger charge is -2.13. The Hall–Kier alpha value is -2.89. The molecule has 0 spiro atoms. The first kappa shape index (κ1) is 21.8. The van der Waals surface area contributed by atoms with Gasteiger partial charge in [-0.3, -0.25) is 4.79 Å². The fourth-order valence-corrected chi connectivity index (χ4v) is 3.46. The number of alkyl halides is 3. The number of amides is 1. The number of carbonyl (C=O) groups is 1. The maximum absolute atomic E-state index is 13.7. The molecule has 0 unspecified atom stereocenters. The summed E-state index contributed by atoms with van der Waals surface area (Å²) >= 11 is 5.76. The molecule has 158 valence electrons. The number of hydrogen-bond acceptors (Lipinski definition) is 4. The molecule has 0 saturated heterocycles. The van der Waals surface area contributed by atoms with Gasteiger partial charge in [-0.1, -0.05) is 23.7 Å². The lowest BCUT2D eigenvalue weighted by Crippen LogP contribution is -2.20. The van der Waals surface area contributed by atoms with Crippen LogP contribution in [0.4, 0.5) is 18.9 Å². The highest BCUT2D eigenvalue weighted by atomic mass is 35.5. The summed E-state index contributed by atoms with van der Waals surface area (Å²) in [6.45, 7) is 0. The number of nitrogens with one attached hydrogen (secondary N) is 1. The Morgan fingerprint density at radius 2 is 1.70 bits per heavy atom. The summed E-state index contributed by atoms with van der Waals surface area (Å²) in [5.41, 5.74) is -1.30. The Bertz CT molecular complexity index is 1170. The van der Waals surface area contributed by atoms with E-state index in [0.29, 0.717) is 15.3 Å². The SMILES string of the molecule is NS(=O)(=O)Cc1ccc(NC(=O)c2cnn(-c3ccc(Cl)cc3)c2C(F)(F)F)cc1. The number of primary sulfonamides is 1. The Labute approximate surface area is 174 Å². The highest BCUT2D eigenvalue weighted by molar-refractivity contribution is 7.88. The Morgan fingerprint density at radius 3 is 2.23 bits per heavy atom. The molecular formula is C18H14ClF3N4O3S. The Kier molecular flexibility index (Phi) is 5.88. The van der Waals surface area contributed by atoms with Crippen molar-refractivity contribution in [2.45, 2.75) is 11.9 Å². The van der Waals surface area contributed by atoms with Gasteiger partial charge in [0.1, 0.15) is 0 Å². The molecule has 0 bridgehead atoms. The Morgan fingerprint density at radius 1 is 1.10 bits per heavy atom. The highest BCUT2D eigenvalue weighted by Crippen LogP contribution is 2.34. The second-order valence-electron chi connectivity index (χ2n) is 6.25. The van der Waals surface area contributed by atoms with Gasteiger partial charge >= 0.3 is 6.18 Å². The van der Waals surface area contributed by atoms with Crippen molar-refractivity contribution in [2.24, 2.45) is 5.14 Å². The number of carbonyl (C=O) groups excluding carboxylic acids is 1. The molecule has 0 radical (unpaired) electrons. The summed E-state index contributed by atoms with van der Waals surface area (Å²) in [5, 5.41) is 11.3. The summed E-state index contributed by atoms with van der Waals surface area (Å²) in [7, 11) is -3.74. The van der Waals surface area contributed by atoms with Crippen molar-refractivity contribution in [3.05, 3.63) is 76.6 Å². The maximum Gasteiger partial charge on any atom is 0.434 e. The van der Waals surface area contributed by atoms with Crippen LogP contribution in [0.1, 0.15) is 21.6 Å². The van der Waals surface area contributed by atoms with Crippen LogP contribution < -0.4 is 10.5 Å². The van der Waals surface area contributed by atoms with E-state index in [1.807, 2.05) is 0 Å². The molecule has 1 aromatic heterocycles. The molecule has 12 heteroatoms. The minimum Gasteiger partial charge on any atom is -0.322 e. The zero-order valence-corrected chi connectivity index (χ0v) is 16.6. The predicted octanol–water partition coefficient (Wildman–Crippen LogP) is 3.59. The van der Waals surface area contributed by atoms with Gasteiger partial charge in [-0.15, -0.1) is 0 Å². The molecule has 2 aromatic carbocycles. The molecule has 3 rings (SSSR count). The second-order valence-corrected chi connectivity index (χ2v) is 8.30. The van der Waals surface area contributed by atoms with Gasteiger partial charge < -0.3 is 5.32 Å². The van der Waals surface area contributed by atoms with Gasteiger partial charge in [-0.25, -0.2) is 18.2 Å². The average molecular weight is 459 g/mol. The van der Waals surface area contributed by atoms with E-state index in [4.69, 9.17) is 16.7 Å². The van der Waals surface area contributed by atoms with E-state index in [1.54, 1.807) is 0 Å². The third-order valence-corrected chi connectivity index (χ3v) is 4.92. The van der Waals surface area contributed by atoms with Gasteiger partial charge in [0.2, 0.25) is 10.0 Å². The molecule has 7 nitrogen and oxygen atoms in total. The summed E-state index contributed by atoms with van der Waals surface area (Å²) in [4.78, 5) is 12.5. The minimum atomic E-state index is -4.86. The Balaban J connectivity index is 1.90. The molecule has 30 heavy (non-hydrogen) atoms. The number of rotatable bonds is 5. The largest absolute Gasteiger partial charge is 0.434 e. The zero-order chi connectivity index (χ0) is 22.1. The molecular weight excluding hydrogens is 445 g/mol. The molecule has 1 heterocycles. The fourth-order valence-electron chi connectivity index (χ4n) is 2.68. The van der Waals surface area contributed by atoms with Crippen molar-refractivity contribution in [1.29, 1.82) is 0 Å². The van der Waals surface area contributed by atoms with Crippen LogP contribution in [0.15, 0.2) is 54.7 Å². The number of sulfonamides is 1. The number of halogens is 4. The average Bonchev–Trinajstić information content (AvgIpc) is 3.08. The smallest absolute Gasteiger partial charge is 0.322 e. The van der Waals surface area contributed by atoms with Gasteiger partial charge in [-0.05, 0) is 42.0 Å². The van der Waals surface area contributed by atoms with Crippen LogP contribution in [0, 0.1) is 0 Å². The first-order chi connectivity index (χ1) is 13.9. The third kappa shape index (κ3) is 5.17. The molecule has 0 aliphatic heterocycles. The van der Waals surface area contributed by atoms with Crippen molar-refractivity contribution in [1.82, 2.24) is 9.78 Å². The number of nitrogens with two attached hydrogens (primary N) is 1. The summed E-state index contributed by atoms with van der Waals surface area (Å²) in [6.07, 6.45) is -4.04. The van der Waals surface area contributed by atoms with E-state index in [-0.39, 0.29) is 11.4 Å². The molecule has 0 aliphatic rings. The maximum atomic E-state index is 13.7. The molecule has 3 N–H and O–H groups in total. The third-order valence-electron chi connectivity index (χ3n) is 3.93. The van der Waals surface area contributed by atoms with E-state index in [0.717, 1.165) is 6.20 Å². The standard InChI is InChI=1S/C18H14ClF3N4O3S/c19-12-3-7-14(8-4-12)26-16(18(20,21)22)15(9-24-26)17(27)25-13-5-1-11(2-6-13)10-30(23,28)29/h1-9H,10H2,(H,25,27)(H2,23,28,29). The fraction of sp³-hybridized carbons (Fsp3) is 0.111. The van der Waals surface area contributed by atoms with Gasteiger partial charge in [0.15, 0.2) is 5.69 Å². The van der Waals surface area contributed by atoms with Crippen LogP contribution in [0.2, 0.25) is 5.02 Å².